The van der Waals surface area contributed by atoms with Crippen LogP contribution in [0.15, 0.2) is 48.5 Å². The molecule has 20 heavy (non-hydrogen) atoms. The lowest BCUT2D eigenvalue weighted by molar-refractivity contribution is 0.485. The highest BCUT2D eigenvalue weighted by atomic mass is 19.1. The maximum atomic E-state index is 13.9. The van der Waals surface area contributed by atoms with E-state index in [-0.39, 0.29) is 11.9 Å². The standard InChI is InChI=1S/C18H22FN/c1-3-20-18(16-10-6-7-11-17(16)19)13-12-15-9-5-4-8-14(15)2/h4-11,18,20H,3,12-13H2,1-2H3. The molecule has 0 bridgehead atoms. The van der Waals surface area contributed by atoms with Crippen LogP contribution in [0.4, 0.5) is 4.39 Å². The van der Waals surface area contributed by atoms with Gasteiger partial charge in [-0.2, -0.15) is 0 Å². The SMILES string of the molecule is CCNC(CCc1ccccc1C)c1ccccc1F. The Balaban J connectivity index is 2.11. The Kier molecular flexibility index (Phi) is 5.31. The van der Waals surface area contributed by atoms with E-state index >= 15 is 0 Å². The van der Waals surface area contributed by atoms with Gasteiger partial charge in [-0.25, -0.2) is 4.39 Å². The molecule has 0 aliphatic carbocycles. The van der Waals surface area contributed by atoms with E-state index in [0.29, 0.717) is 0 Å². The Hall–Kier alpha value is -1.67. The molecule has 2 aromatic carbocycles. The fourth-order valence-electron chi connectivity index (χ4n) is 2.56. The Labute approximate surface area is 120 Å². The fraction of sp³-hybridized carbons (Fsp3) is 0.333. The Morgan fingerprint density at radius 2 is 1.75 bits per heavy atom. The maximum Gasteiger partial charge on any atom is 0.127 e. The topological polar surface area (TPSA) is 12.0 Å². The van der Waals surface area contributed by atoms with Crippen LogP contribution in [-0.4, -0.2) is 6.54 Å². The fourth-order valence-corrected chi connectivity index (χ4v) is 2.56. The second kappa shape index (κ2) is 7.20. The van der Waals surface area contributed by atoms with Gasteiger partial charge in [0.05, 0.1) is 0 Å². The number of hydrogen-bond donors (Lipinski definition) is 1. The van der Waals surface area contributed by atoms with Gasteiger partial charge in [0.25, 0.3) is 0 Å². The summed E-state index contributed by atoms with van der Waals surface area (Å²) >= 11 is 0. The summed E-state index contributed by atoms with van der Waals surface area (Å²) in [6.07, 6.45) is 1.86. The average molecular weight is 271 g/mol. The van der Waals surface area contributed by atoms with Crippen molar-refractivity contribution in [2.24, 2.45) is 0 Å². The van der Waals surface area contributed by atoms with E-state index in [1.165, 1.54) is 17.2 Å². The lowest BCUT2D eigenvalue weighted by Crippen LogP contribution is -2.22. The van der Waals surface area contributed by atoms with Crippen molar-refractivity contribution in [1.82, 2.24) is 5.32 Å². The smallest absolute Gasteiger partial charge is 0.127 e. The van der Waals surface area contributed by atoms with Crippen molar-refractivity contribution < 1.29 is 4.39 Å². The van der Waals surface area contributed by atoms with Gasteiger partial charge in [0.15, 0.2) is 0 Å². The van der Waals surface area contributed by atoms with Crippen LogP contribution in [0.1, 0.15) is 36.1 Å². The average Bonchev–Trinajstić information content (AvgIpc) is 2.46. The zero-order valence-corrected chi connectivity index (χ0v) is 12.2. The number of rotatable bonds is 6. The molecule has 106 valence electrons. The zero-order chi connectivity index (χ0) is 14.4. The molecule has 0 amide bonds. The molecule has 0 aliphatic heterocycles. The first-order valence-corrected chi connectivity index (χ1v) is 7.24. The number of benzene rings is 2. The van der Waals surface area contributed by atoms with Gasteiger partial charge in [-0.15, -0.1) is 0 Å². The first-order valence-electron chi connectivity index (χ1n) is 7.24. The lowest BCUT2D eigenvalue weighted by atomic mass is 9.96. The molecular weight excluding hydrogens is 249 g/mol. The first-order chi connectivity index (χ1) is 9.72. The third-order valence-corrected chi connectivity index (χ3v) is 3.69. The monoisotopic (exact) mass is 271 g/mol. The van der Waals surface area contributed by atoms with Gasteiger partial charge < -0.3 is 5.32 Å². The quantitative estimate of drug-likeness (QED) is 0.820. The number of aryl methyl sites for hydroxylation is 2. The van der Waals surface area contributed by atoms with Crippen LogP contribution >= 0.6 is 0 Å². The van der Waals surface area contributed by atoms with Gasteiger partial charge in [0.2, 0.25) is 0 Å². The normalized spacial score (nSPS) is 12.3. The van der Waals surface area contributed by atoms with E-state index in [1.54, 1.807) is 6.07 Å². The van der Waals surface area contributed by atoms with Crippen LogP contribution < -0.4 is 5.32 Å². The third kappa shape index (κ3) is 3.67. The van der Waals surface area contributed by atoms with Crippen molar-refractivity contribution in [3.63, 3.8) is 0 Å². The van der Waals surface area contributed by atoms with E-state index < -0.39 is 0 Å². The molecule has 2 aromatic rings. The summed E-state index contributed by atoms with van der Waals surface area (Å²) in [5.74, 6) is -0.122. The highest BCUT2D eigenvalue weighted by Gasteiger charge is 2.14. The van der Waals surface area contributed by atoms with Crippen LogP contribution in [0.25, 0.3) is 0 Å². The second-order valence-corrected chi connectivity index (χ2v) is 5.10. The Bertz CT molecular complexity index is 551. The molecule has 0 radical (unpaired) electrons. The second-order valence-electron chi connectivity index (χ2n) is 5.10. The molecule has 0 saturated carbocycles. The molecule has 0 heterocycles. The minimum Gasteiger partial charge on any atom is -0.310 e. The van der Waals surface area contributed by atoms with Gasteiger partial charge in [-0.05, 0) is 43.5 Å². The number of hydrogen-bond acceptors (Lipinski definition) is 1. The molecule has 1 N–H and O–H groups in total. The summed E-state index contributed by atoms with van der Waals surface area (Å²) in [6, 6.07) is 15.5. The van der Waals surface area contributed by atoms with E-state index in [0.717, 1.165) is 24.9 Å². The van der Waals surface area contributed by atoms with Gasteiger partial charge in [-0.1, -0.05) is 49.4 Å². The van der Waals surface area contributed by atoms with Gasteiger partial charge in [0, 0.05) is 11.6 Å². The van der Waals surface area contributed by atoms with Crippen LogP contribution in [-0.2, 0) is 6.42 Å². The maximum absolute atomic E-state index is 13.9. The number of halogens is 1. The van der Waals surface area contributed by atoms with Crippen molar-refractivity contribution in [3.05, 3.63) is 71.0 Å². The zero-order valence-electron chi connectivity index (χ0n) is 12.2. The molecule has 2 rings (SSSR count). The van der Waals surface area contributed by atoms with Crippen molar-refractivity contribution >= 4 is 0 Å². The van der Waals surface area contributed by atoms with E-state index in [4.69, 9.17) is 0 Å². The minimum atomic E-state index is -0.122. The largest absolute Gasteiger partial charge is 0.310 e. The molecule has 0 fully saturated rings. The van der Waals surface area contributed by atoms with Gasteiger partial charge >= 0.3 is 0 Å². The summed E-state index contributed by atoms with van der Waals surface area (Å²) in [6.45, 7) is 5.02. The van der Waals surface area contributed by atoms with Crippen molar-refractivity contribution in [3.8, 4) is 0 Å². The van der Waals surface area contributed by atoms with E-state index in [1.807, 2.05) is 12.1 Å². The third-order valence-electron chi connectivity index (χ3n) is 3.69. The summed E-state index contributed by atoms with van der Waals surface area (Å²) in [4.78, 5) is 0. The number of nitrogens with one attached hydrogen (secondary N) is 1. The molecule has 0 saturated heterocycles. The van der Waals surface area contributed by atoms with Crippen LogP contribution in [0, 0.1) is 12.7 Å². The lowest BCUT2D eigenvalue weighted by Gasteiger charge is -2.19. The van der Waals surface area contributed by atoms with E-state index in [9.17, 15) is 4.39 Å². The molecule has 0 aromatic heterocycles. The molecule has 1 unspecified atom stereocenters. The molecule has 2 heteroatoms. The van der Waals surface area contributed by atoms with Crippen molar-refractivity contribution in [2.75, 3.05) is 6.54 Å². The van der Waals surface area contributed by atoms with Crippen LogP contribution in [0.3, 0.4) is 0 Å². The molecule has 1 nitrogen and oxygen atoms in total. The van der Waals surface area contributed by atoms with Gasteiger partial charge in [-0.3, -0.25) is 0 Å². The predicted molar refractivity (Wildman–Crippen MR) is 82.3 cm³/mol. The first kappa shape index (κ1) is 14.7. The predicted octanol–water partition coefficient (Wildman–Crippen LogP) is 4.42. The van der Waals surface area contributed by atoms with Crippen molar-refractivity contribution in [2.45, 2.75) is 32.7 Å². The summed E-state index contributed by atoms with van der Waals surface area (Å²) in [7, 11) is 0. The Morgan fingerprint density at radius 1 is 1.05 bits per heavy atom. The molecular formula is C18H22FN. The van der Waals surface area contributed by atoms with Gasteiger partial charge in [0.1, 0.15) is 5.82 Å². The summed E-state index contributed by atoms with van der Waals surface area (Å²) in [5, 5.41) is 3.39. The minimum absolute atomic E-state index is 0.0702. The van der Waals surface area contributed by atoms with Crippen LogP contribution in [0.5, 0.6) is 0 Å². The highest BCUT2D eigenvalue weighted by Crippen LogP contribution is 2.22. The van der Waals surface area contributed by atoms with Crippen LogP contribution in [0.2, 0.25) is 0 Å². The summed E-state index contributed by atoms with van der Waals surface area (Å²) in [5.41, 5.74) is 3.41. The molecule has 1 atom stereocenters. The molecule has 0 spiro atoms. The van der Waals surface area contributed by atoms with Crippen molar-refractivity contribution in [1.29, 1.82) is 0 Å². The highest BCUT2D eigenvalue weighted by molar-refractivity contribution is 5.27. The van der Waals surface area contributed by atoms with E-state index in [2.05, 4.69) is 43.4 Å². The summed E-state index contributed by atoms with van der Waals surface area (Å²) < 4.78 is 13.9. The molecule has 0 aliphatic rings. The Morgan fingerprint density at radius 3 is 2.45 bits per heavy atom.